The quantitative estimate of drug-likeness (QED) is 0.823. The van der Waals surface area contributed by atoms with Crippen LogP contribution in [0.3, 0.4) is 0 Å². The molecule has 2 nitrogen and oxygen atoms in total. The molecule has 0 amide bonds. The van der Waals surface area contributed by atoms with Crippen molar-refractivity contribution in [3.63, 3.8) is 0 Å². The van der Waals surface area contributed by atoms with Gasteiger partial charge in [-0.3, -0.25) is 0 Å². The van der Waals surface area contributed by atoms with E-state index in [0.717, 1.165) is 18.7 Å². The number of aryl methyl sites for hydroxylation is 1. The smallest absolute Gasteiger partial charge is 0.119 e. The maximum atomic E-state index is 5.98. The Hall–Kier alpha value is -1.02. The van der Waals surface area contributed by atoms with Gasteiger partial charge >= 0.3 is 0 Å². The molecule has 1 aliphatic carbocycles. The molecule has 0 aliphatic heterocycles. The number of hydrogen-bond acceptors (Lipinski definition) is 2. The summed E-state index contributed by atoms with van der Waals surface area (Å²) < 4.78 is 5.98. The number of nitrogens with two attached hydrogens (primary N) is 1. The molecule has 0 radical (unpaired) electrons. The summed E-state index contributed by atoms with van der Waals surface area (Å²) in [6.45, 7) is 2.83. The highest BCUT2D eigenvalue weighted by Gasteiger charge is 2.27. The summed E-state index contributed by atoms with van der Waals surface area (Å²) in [6, 6.07) is 8.24. The fourth-order valence-corrected chi connectivity index (χ4v) is 2.29. The summed E-state index contributed by atoms with van der Waals surface area (Å²) in [4.78, 5) is 0. The van der Waals surface area contributed by atoms with Gasteiger partial charge in [0.15, 0.2) is 0 Å². The van der Waals surface area contributed by atoms with E-state index >= 15 is 0 Å². The van der Waals surface area contributed by atoms with Crippen LogP contribution in [0.25, 0.3) is 0 Å². The van der Waals surface area contributed by atoms with Crippen LogP contribution in [-0.4, -0.2) is 12.6 Å². The van der Waals surface area contributed by atoms with Gasteiger partial charge in [0.2, 0.25) is 0 Å². The first-order chi connectivity index (χ1) is 7.29. The summed E-state index contributed by atoms with van der Waals surface area (Å²) in [5, 5.41) is 0. The largest absolute Gasteiger partial charge is 0.490 e. The van der Waals surface area contributed by atoms with Crippen LogP contribution in [-0.2, 0) is 0 Å². The zero-order valence-electron chi connectivity index (χ0n) is 9.28. The van der Waals surface area contributed by atoms with Crippen molar-refractivity contribution in [1.82, 2.24) is 0 Å². The third-order valence-corrected chi connectivity index (χ3v) is 3.17. The predicted molar refractivity (Wildman–Crippen MR) is 62.0 cm³/mol. The molecule has 0 spiro atoms. The van der Waals surface area contributed by atoms with Gasteiger partial charge < -0.3 is 10.5 Å². The van der Waals surface area contributed by atoms with E-state index in [1.807, 2.05) is 12.1 Å². The van der Waals surface area contributed by atoms with Crippen molar-refractivity contribution in [1.29, 1.82) is 0 Å². The average Bonchev–Trinajstić information content (AvgIpc) is 2.65. The van der Waals surface area contributed by atoms with E-state index in [2.05, 4.69) is 19.1 Å². The average molecular weight is 205 g/mol. The highest BCUT2D eigenvalue weighted by molar-refractivity contribution is 5.27. The Bertz CT molecular complexity index is 324. The van der Waals surface area contributed by atoms with Crippen LogP contribution in [0.4, 0.5) is 0 Å². The molecule has 0 bridgehead atoms. The van der Waals surface area contributed by atoms with E-state index in [-0.39, 0.29) is 0 Å². The van der Waals surface area contributed by atoms with E-state index in [1.54, 1.807) is 0 Å². The van der Waals surface area contributed by atoms with E-state index in [4.69, 9.17) is 10.5 Å². The first-order valence-corrected chi connectivity index (χ1v) is 5.73. The standard InChI is InChI=1S/C13H19NO/c1-10-4-2-6-12(8-10)15-13-7-3-5-11(13)9-14/h2,4,6,8,11,13H,3,5,7,9,14H2,1H3. The van der Waals surface area contributed by atoms with Crippen molar-refractivity contribution < 1.29 is 4.74 Å². The molecule has 1 aliphatic rings. The molecule has 2 atom stereocenters. The van der Waals surface area contributed by atoms with Crippen molar-refractivity contribution >= 4 is 0 Å². The lowest BCUT2D eigenvalue weighted by atomic mass is 10.1. The first kappa shape index (κ1) is 10.5. The van der Waals surface area contributed by atoms with Crippen LogP contribution in [0.5, 0.6) is 5.75 Å². The first-order valence-electron chi connectivity index (χ1n) is 5.73. The molecule has 0 heterocycles. The number of hydrogen-bond donors (Lipinski definition) is 1. The fourth-order valence-electron chi connectivity index (χ4n) is 2.29. The summed E-state index contributed by atoms with van der Waals surface area (Å²) in [6.07, 6.45) is 3.94. The molecule has 2 unspecified atom stereocenters. The van der Waals surface area contributed by atoms with Gasteiger partial charge in [0.25, 0.3) is 0 Å². The Balaban J connectivity index is 2.02. The van der Waals surface area contributed by atoms with Crippen LogP contribution >= 0.6 is 0 Å². The maximum Gasteiger partial charge on any atom is 0.119 e. The minimum Gasteiger partial charge on any atom is -0.490 e. The molecule has 82 valence electrons. The van der Waals surface area contributed by atoms with E-state index in [0.29, 0.717) is 12.0 Å². The highest BCUT2D eigenvalue weighted by Crippen LogP contribution is 2.29. The third-order valence-electron chi connectivity index (χ3n) is 3.17. The van der Waals surface area contributed by atoms with Gasteiger partial charge in [-0.15, -0.1) is 0 Å². The van der Waals surface area contributed by atoms with Crippen molar-refractivity contribution in [3.05, 3.63) is 29.8 Å². The van der Waals surface area contributed by atoms with E-state index in [9.17, 15) is 0 Å². The number of ether oxygens (including phenoxy) is 1. The molecule has 0 saturated heterocycles. The van der Waals surface area contributed by atoms with Gasteiger partial charge in [-0.25, -0.2) is 0 Å². The molecule has 1 saturated carbocycles. The molecule has 0 aromatic heterocycles. The Morgan fingerprint density at radius 3 is 3.00 bits per heavy atom. The molecule has 2 heteroatoms. The van der Waals surface area contributed by atoms with E-state index < -0.39 is 0 Å². The predicted octanol–water partition coefficient (Wildman–Crippen LogP) is 2.50. The third kappa shape index (κ3) is 2.51. The zero-order valence-corrected chi connectivity index (χ0v) is 9.28. The summed E-state index contributed by atoms with van der Waals surface area (Å²) >= 11 is 0. The van der Waals surface area contributed by atoms with Crippen LogP contribution in [0.1, 0.15) is 24.8 Å². The topological polar surface area (TPSA) is 35.2 Å². The van der Waals surface area contributed by atoms with Crippen molar-refractivity contribution in [2.24, 2.45) is 11.7 Å². The normalized spacial score (nSPS) is 25.5. The highest BCUT2D eigenvalue weighted by atomic mass is 16.5. The van der Waals surface area contributed by atoms with E-state index in [1.165, 1.54) is 18.4 Å². The lowest BCUT2D eigenvalue weighted by Crippen LogP contribution is -2.27. The fraction of sp³-hybridized carbons (Fsp3) is 0.538. The van der Waals surface area contributed by atoms with Gasteiger partial charge in [-0.1, -0.05) is 12.1 Å². The summed E-state index contributed by atoms with van der Waals surface area (Å²) in [5.41, 5.74) is 6.97. The molecule has 1 aromatic carbocycles. The molecule has 2 rings (SSSR count). The minimum absolute atomic E-state index is 0.330. The minimum atomic E-state index is 0.330. The number of rotatable bonds is 3. The van der Waals surface area contributed by atoms with Gasteiger partial charge in [0.1, 0.15) is 11.9 Å². The van der Waals surface area contributed by atoms with Gasteiger partial charge in [0.05, 0.1) is 0 Å². The maximum absolute atomic E-state index is 5.98. The second kappa shape index (κ2) is 4.67. The lowest BCUT2D eigenvalue weighted by molar-refractivity contribution is 0.162. The van der Waals surface area contributed by atoms with Crippen LogP contribution in [0.2, 0.25) is 0 Å². The zero-order chi connectivity index (χ0) is 10.7. The lowest BCUT2D eigenvalue weighted by Gasteiger charge is -2.20. The SMILES string of the molecule is Cc1cccc(OC2CCCC2CN)c1. The molecule has 2 N–H and O–H groups in total. The van der Waals surface area contributed by atoms with Gasteiger partial charge in [-0.2, -0.15) is 0 Å². The summed E-state index contributed by atoms with van der Waals surface area (Å²) in [5.74, 6) is 1.53. The van der Waals surface area contributed by atoms with Crippen LogP contribution in [0.15, 0.2) is 24.3 Å². The second-order valence-corrected chi connectivity index (χ2v) is 4.40. The van der Waals surface area contributed by atoms with Crippen LogP contribution in [0, 0.1) is 12.8 Å². The van der Waals surface area contributed by atoms with Gasteiger partial charge in [-0.05, 0) is 50.4 Å². The Kier molecular flexibility index (Phi) is 3.27. The summed E-state index contributed by atoms with van der Waals surface area (Å²) in [7, 11) is 0. The monoisotopic (exact) mass is 205 g/mol. The second-order valence-electron chi connectivity index (χ2n) is 4.40. The van der Waals surface area contributed by atoms with Gasteiger partial charge in [0, 0.05) is 5.92 Å². The van der Waals surface area contributed by atoms with Crippen molar-refractivity contribution in [2.45, 2.75) is 32.3 Å². The Labute approximate surface area is 91.4 Å². The molecule has 1 aromatic rings. The van der Waals surface area contributed by atoms with Crippen LogP contribution < -0.4 is 10.5 Å². The Morgan fingerprint density at radius 2 is 2.27 bits per heavy atom. The van der Waals surface area contributed by atoms with Crippen molar-refractivity contribution in [2.75, 3.05) is 6.54 Å². The molecular weight excluding hydrogens is 186 g/mol. The molecule has 15 heavy (non-hydrogen) atoms. The number of benzene rings is 1. The Morgan fingerprint density at radius 1 is 1.40 bits per heavy atom. The molecule has 1 fully saturated rings. The van der Waals surface area contributed by atoms with Crippen molar-refractivity contribution in [3.8, 4) is 5.75 Å². The molecular formula is C13H19NO.